The van der Waals surface area contributed by atoms with Crippen LogP contribution in [0.5, 0.6) is 11.5 Å². The minimum atomic E-state index is -0.380. The summed E-state index contributed by atoms with van der Waals surface area (Å²) in [5.74, 6) is 0.653. The van der Waals surface area contributed by atoms with Crippen molar-refractivity contribution in [3.05, 3.63) is 59.1 Å². The highest BCUT2D eigenvalue weighted by Gasteiger charge is 2.16. The first kappa shape index (κ1) is 22.5. The Morgan fingerprint density at radius 2 is 1.59 bits per heavy atom. The number of nitrogens with one attached hydrogen (secondary N) is 2. The molecule has 2 aromatic carbocycles. The molecule has 0 heterocycles. The van der Waals surface area contributed by atoms with E-state index in [0.29, 0.717) is 17.3 Å². The smallest absolute Gasteiger partial charge is 0.258 e. The highest BCUT2D eigenvalue weighted by atomic mass is 35.5. The van der Waals surface area contributed by atoms with Crippen molar-refractivity contribution in [1.82, 2.24) is 15.5 Å². The summed E-state index contributed by atoms with van der Waals surface area (Å²) in [5, 5.41) is 5.97. The second kappa shape index (κ2) is 11.3. The SMILES string of the molecule is COc1ccc(C(CNC(=O)CNC(=O)COc2ccc(Cl)cc2)N(C)C)cc1. The second-order valence-corrected chi connectivity index (χ2v) is 7.01. The highest BCUT2D eigenvalue weighted by molar-refractivity contribution is 6.30. The number of likely N-dealkylation sites (N-methyl/N-ethyl adjacent to an activating group) is 1. The molecule has 0 aliphatic heterocycles. The van der Waals surface area contributed by atoms with Crippen molar-refractivity contribution in [2.75, 3.05) is 40.9 Å². The van der Waals surface area contributed by atoms with Crippen molar-refractivity contribution in [1.29, 1.82) is 0 Å². The minimum Gasteiger partial charge on any atom is -0.497 e. The van der Waals surface area contributed by atoms with Crippen molar-refractivity contribution in [2.24, 2.45) is 0 Å². The number of halogens is 1. The lowest BCUT2D eigenvalue weighted by molar-refractivity contribution is -0.127. The van der Waals surface area contributed by atoms with E-state index in [9.17, 15) is 9.59 Å². The third-order valence-electron chi connectivity index (χ3n) is 4.25. The fraction of sp³-hybridized carbons (Fsp3) is 0.333. The zero-order chi connectivity index (χ0) is 21.2. The first-order valence-corrected chi connectivity index (χ1v) is 9.49. The fourth-order valence-electron chi connectivity index (χ4n) is 2.61. The highest BCUT2D eigenvalue weighted by Crippen LogP contribution is 2.20. The zero-order valence-electron chi connectivity index (χ0n) is 16.8. The van der Waals surface area contributed by atoms with Crippen LogP contribution in [-0.4, -0.2) is 57.6 Å². The number of nitrogens with zero attached hydrogens (tertiary/aromatic N) is 1. The van der Waals surface area contributed by atoms with Crippen LogP contribution in [0.3, 0.4) is 0 Å². The monoisotopic (exact) mass is 419 g/mol. The molecule has 1 atom stereocenters. The van der Waals surface area contributed by atoms with Gasteiger partial charge in [-0.15, -0.1) is 0 Å². The van der Waals surface area contributed by atoms with E-state index in [1.54, 1.807) is 31.4 Å². The number of rotatable bonds is 10. The molecule has 0 aromatic heterocycles. The fourth-order valence-corrected chi connectivity index (χ4v) is 2.73. The van der Waals surface area contributed by atoms with Gasteiger partial charge in [-0.05, 0) is 56.1 Å². The van der Waals surface area contributed by atoms with Crippen LogP contribution in [0.1, 0.15) is 11.6 Å². The summed E-state index contributed by atoms with van der Waals surface area (Å²) in [5.41, 5.74) is 1.05. The molecule has 2 amide bonds. The average Bonchev–Trinajstić information content (AvgIpc) is 2.72. The van der Waals surface area contributed by atoms with E-state index >= 15 is 0 Å². The van der Waals surface area contributed by atoms with E-state index in [0.717, 1.165) is 11.3 Å². The molecule has 2 N–H and O–H groups in total. The van der Waals surface area contributed by atoms with Gasteiger partial charge < -0.3 is 25.0 Å². The van der Waals surface area contributed by atoms with Gasteiger partial charge in [0, 0.05) is 11.6 Å². The Morgan fingerprint density at radius 1 is 0.966 bits per heavy atom. The van der Waals surface area contributed by atoms with Crippen molar-refractivity contribution in [3.8, 4) is 11.5 Å². The van der Waals surface area contributed by atoms with Gasteiger partial charge in [0.15, 0.2) is 6.61 Å². The minimum absolute atomic E-state index is 0.00574. The standard InChI is InChI=1S/C21H26ClN3O4/c1-25(2)19(15-4-8-17(28-3)9-5-15)12-23-20(26)13-24-21(27)14-29-18-10-6-16(22)7-11-18/h4-11,19H,12-14H2,1-3H3,(H,23,26)(H,24,27). The van der Waals surface area contributed by atoms with E-state index < -0.39 is 0 Å². The van der Waals surface area contributed by atoms with Crippen LogP contribution >= 0.6 is 11.6 Å². The van der Waals surface area contributed by atoms with Gasteiger partial charge in [0.1, 0.15) is 11.5 Å². The molecule has 0 aliphatic carbocycles. The van der Waals surface area contributed by atoms with Crippen molar-refractivity contribution in [2.45, 2.75) is 6.04 Å². The maximum absolute atomic E-state index is 12.1. The van der Waals surface area contributed by atoms with Gasteiger partial charge >= 0.3 is 0 Å². The van der Waals surface area contributed by atoms with Crippen molar-refractivity contribution >= 4 is 23.4 Å². The van der Waals surface area contributed by atoms with Gasteiger partial charge in [0.25, 0.3) is 5.91 Å². The summed E-state index contributed by atoms with van der Waals surface area (Å²) in [7, 11) is 5.50. The third kappa shape index (κ3) is 7.63. The van der Waals surface area contributed by atoms with Crippen molar-refractivity contribution in [3.63, 3.8) is 0 Å². The average molecular weight is 420 g/mol. The molecule has 7 nitrogen and oxygen atoms in total. The number of carbonyl (C=O) groups is 2. The largest absolute Gasteiger partial charge is 0.497 e. The summed E-state index contributed by atoms with van der Waals surface area (Å²) < 4.78 is 10.5. The molecule has 0 saturated carbocycles. The first-order valence-electron chi connectivity index (χ1n) is 9.11. The van der Waals surface area contributed by atoms with Gasteiger partial charge in [-0.25, -0.2) is 0 Å². The number of carbonyl (C=O) groups excluding carboxylic acids is 2. The third-order valence-corrected chi connectivity index (χ3v) is 4.50. The summed E-state index contributed by atoms with van der Waals surface area (Å²) in [6, 6.07) is 14.4. The molecule has 1 unspecified atom stereocenters. The molecule has 0 radical (unpaired) electrons. The van der Waals surface area contributed by atoms with Gasteiger partial charge in [0.2, 0.25) is 5.91 Å². The number of ether oxygens (including phenoxy) is 2. The summed E-state index contributed by atoms with van der Waals surface area (Å²) in [6.07, 6.45) is 0. The lowest BCUT2D eigenvalue weighted by atomic mass is 10.1. The Bertz CT molecular complexity index is 795. The lowest BCUT2D eigenvalue weighted by Gasteiger charge is -2.25. The molecule has 156 valence electrons. The molecule has 29 heavy (non-hydrogen) atoms. The van der Waals surface area contributed by atoms with E-state index in [-0.39, 0.29) is 31.0 Å². The maximum atomic E-state index is 12.1. The summed E-state index contributed by atoms with van der Waals surface area (Å²) in [6.45, 7) is 0.113. The van der Waals surface area contributed by atoms with Crippen molar-refractivity contribution < 1.29 is 19.1 Å². The van der Waals surface area contributed by atoms with Crippen LogP contribution in [0.25, 0.3) is 0 Å². The molecule has 8 heteroatoms. The van der Waals surface area contributed by atoms with Crippen LogP contribution in [-0.2, 0) is 9.59 Å². The van der Waals surface area contributed by atoms with Crippen LogP contribution in [0.2, 0.25) is 5.02 Å². The van der Waals surface area contributed by atoms with Gasteiger partial charge in [-0.2, -0.15) is 0 Å². The molecule has 0 spiro atoms. The van der Waals surface area contributed by atoms with E-state index in [1.165, 1.54) is 0 Å². The number of hydrogen-bond acceptors (Lipinski definition) is 5. The molecule has 2 aromatic rings. The Morgan fingerprint density at radius 3 is 2.17 bits per heavy atom. The van der Waals surface area contributed by atoms with Crippen LogP contribution in [0.15, 0.2) is 48.5 Å². The molecule has 0 saturated heterocycles. The van der Waals surface area contributed by atoms with Gasteiger partial charge in [-0.3, -0.25) is 9.59 Å². The molecular weight excluding hydrogens is 394 g/mol. The zero-order valence-corrected chi connectivity index (χ0v) is 17.5. The molecule has 0 aliphatic rings. The van der Waals surface area contributed by atoms with Crippen LogP contribution < -0.4 is 20.1 Å². The normalized spacial score (nSPS) is 11.6. The first-order chi connectivity index (χ1) is 13.9. The number of amides is 2. The molecule has 0 bridgehead atoms. The lowest BCUT2D eigenvalue weighted by Crippen LogP contribution is -2.41. The Kier molecular flexibility index (Phi) is 8.76. The number of methoxy groups -OCH3 is 1. The Balaban J connectivity index is 1.75. The topological polar surface area (TPSA) is 79.9 Å². The van der Waals surface area contributed by atoms with Crippen LogP contribution in [0.4, 0.5) is 0 Å². The maximum Gasteiger partial charge on any atom is 0.258 e. The Labute approximate surface area is 175 Å². The predicted molar refractivity (Wildman–Crippen MR) is 112 cm³/mol. The predicted octanol–water partition coefficient (Wildman–Crippen LogP) is 2.26. The summed E-state index contributed by atoms with van der Waals surface area (Å²) in [4.78, 5) is 26.0. The van der Waals surface area contributed by atoms with Crippen LogP contribution in [0, 0.1) is 0 Å². The van der Waals surface area contributed by atoms with Gasteiger partial charge in [0.05, 0.1) is 19.7 Å². The van der Waals surface area contributed by atoms with E-state index in [2.05, 4.69) is 10.6 Å². The van der Waals surface area contributed by atoms with E-state index in [4.69, 9.17) is 21.1 Å². The van der Waals surface area contributed by atoms with E-state index in [1.807, 2.05) is 43.3 Å². The van der Waals surface area contributed by atoms with Gasteiger partial charge in [-0.1, -0.05) is 23.7 Å². The number of hydrogen-bond donors (Lipinski definition) is 2. The Hall–Kier alpha value is -2.77. The molecular formula is C21H26ClN3O4. The quantitative estimate of drug-likeness (QED) is 0.617. The second-order valence-electron chi connectivity index (χ2n) is 6.58. The number of benzene rings is 2. The summed E-state index contributed by atoms with van der Waals surface area (Å²) >= 11 is 5.80. The molecule has 2 rings (SSSR count). The molecule has 0 fully saturated rings.